The Labute approximate surface area is 133 Å². The predicted octanol–water partition coefficient (Wildman–Crippen LogP) is 3.61. The SMILES string of the molecule is Cn1ccc2ccc(C(=O)N3CCC[C@H]3c3nccs3)cc21. The average molecular weight is 311 g/mol. The van der Waals surface area contributed by atoms with Gasteiger partial charge in [0.25, 0.3) is 5.91 Å². The Morgan fingerprint density at radius 2 is 2.27 bits per heavy atom. The second kappa shape index (κ2) is 5.25. The molecule has 0 radical (unpaired) electrons. The van der Waals surface area contributed by atoms with Crippen molar-refractivity contribution in [2.24, 2.45) is 7.05 Å². The fraction of sp³-hybridized carbons (Fsp3) is 0.294. The number of carbonyl (C=O) groups is 1. The van der Waals surface area contributed by atoms with Crippen molar-refractivity contribution in [2.75, 3.05) is 6.54 Å². The summed E-state index contributed by atoms with van der Waals surface area (Å²) < 4.78 is 2.05. The van der Waals surface area contributed by atoms with Crippen LogP contribution in [-0.2, 0) is 7.05 Å². The van der Waals surface area contributed by atoms with E-state index in [0.29, 0.717) is 0 Å². The number of amides is 1. The third kappa shape index (κ3) is 2.13. The highest BCUT2D eigenvalue weighted by Crippen LogP contribution is 2.34. The third-order valence-electron chi connectivity index (χ3n) is 4.39. The molecule has 22 heavy (non-hydrogen) atoms. The van der Waals surface area contributed by atoms with E-state index in [1.807, 2.05) is 47.9 Å². The largest absolute Gasteiger partial charge is 0.351 e. The normalized spacial score (nSPS) is 18.2. The Morgan fingerprint density at radius 3 is 3.09 bits per heavy atom. The third-order valence-corrected chi connectivity index (χ3v) is 5.26. The summed E-state index contributed by atoms with van der Waals surface area (Å²) in [7, 11) is 2.00. The Kier molecular flexibility index (Phi) is 3.22. The van der Waals surface area contributed by atoms with Gasteiger partial charge >= 0.3 is 0 Å². The molecule has 0 N–H and O–H groups in total. The van der Waals surface area contributed by atoms with E-state index in [1.54, 1.807) is 11.3 Å². The number of aryl methyl sites for hydroxylation is 1. The topological polar surface area (TPSA) is 38.1 Å². The van der Waals surface area contributed by atoms with Crippen LogP contribution in [0.15, 0.2) is 42.0 Å². The smallest absolute Gasteiger partial charge is 0.254 e. The molecule has 112 valence electrons. The first-order valence-electron chi connectivity index (χ1n) is 7.49. The molecule has 1 saturated heterocycles. The van der Waals surface area contributed by atoms with Crippen LogP contribution in [0.4, 0.5) is 0 Å². The van der Waals surface area contributed by atoms with Crippen LogP contribution in [0.1, 0.15) is 34.2 Å². The minimum Gasteiger partial charge on any atom is -0.351 e. The molecule has 3 aromatic rings. The summed E-state index contributed by atoms with van der Waals surface area (Å²) in [6.07, 6.45) is 5.89. The van der Waals surface area contributed by atoms with Gasteiger partial charge in [0.2, 0.25) is 0 Å². The standard InChI is InChI=1S/C17H17N3OS/c1-19-9-6-12-4-5-13(11-15(12)19)17(21)20-8-2-3-14(20)16-18-7-10-22-16/h4-7,9-11,14H,2-3,8H2,1H3/t14-/m0/s1. The van der Waals surface area contributed by atoms with Crippen LogP contribution < -0.4 is 0 Å². The van der Waals surface area contributed by atoms with E-state index in [0.717, 1.165) is 40.9 Å². The molecule has 0 aliphatic carbocycles. The zero-order valence-electron chi connectivity index (χ0n) is 12.4. The lowest BCUT2D eigenvalue weighted by Gasteiger charge is -2.23. The summed E-state index contributed by atoms with van der Waals surface area (Å²) in [5.74, 6) is 0.112. The molecule has 2 aromatic heterocycles. The van der Waals surface area contributed by atoms with E-state index in [1.165, 1.54) is 0 Å². The summed E-state index contributed by atoms with van der Waals surface area (Å²) in [6.45, 7) is 0.814. The minimum absolute atomic E-state index is 0.112. The molecule has 1 atom stereocenters. The monoisotopic (exact) mass is 311 g/mol. The van der Waals surface area contributed by atoms with Gasteiger partial charge in [-0.25, -0.2) is 4.98 Å². The molecule has 5 heteroatoms. The van der Waals surface area contributed by atoms with Gasteiger partial charge < -0.3 is 9.47 Å². The first kappa shape index (κ1) is 13.5. The molecule has 1 aliphatic heterocycles. The van der Waals surface area contributed by atoms with E-state index in [2.05, 4.69) is 15.6 Å². The Hall–Kier alpha value is -2.14. The van der Waals surface area contributed by atoms with Crippen LogP contribution in [0.5, 0.6) is 0 Å². The highest BCUT2D eigenvalue weighted by molar-refractivity contribution is 7.09. The number of hydrogen-bond acceptors (Lipinski definition) is 3. The van der Waals surface area contributed by atoms with Gasteiger partial charge in [-0.3, -0.25) is 4.79 Å². The van der Waals surface area contributed by atoms with E-state index >= 15 is 0 Å². The zero-order chi connectivity index (χ0) is 15.1. The molecule has 1 aromatic carbocycles. The number of carbonyl (C=O) groups excluding carboxylic acids is 1. The second-order valence-corrected chi connectivity index (χ2v) is 6.65. The van der Waals surface area contributed by atoms with Gasteiger partial charge in [-0.15, -0.1) is 11.3 Å². The molecule has 0 spiro atoms. The lowest BCUT2D eigenvalue weighted by Crippen LogP contribution is -2.30. The summed E-state index contributed by atoms with van der Waals surface area (Å²) >= 11 is 1.63. The first-order valence-corrected chi connectivity index (χ1v) is 8.37. The van der Waals surface area contributed by atoms with Crippen molar-refractivity contribution in [3.63, 3.8) is 0 Å². The molecule has 0 unspecified atom stereocenters. The van der Waals surface area contributed by atoms with Crippen molar-refractivity contribution in [3.05, 3.63) is 52.6 Å². The molecule has 0 saturated carbocycles. The Morgan fingerprint density at radius 1 is 1.36 bits per heavy atom. The van der Waals surface area contributed by atoms with Crippen molar-refractivity contribution in [1.82, 2.24) is 14.5 Å². The molecule has 1 amide bonds. The van der Waals surface area contributed by atoms with Gasteiger partial charge in [0.05, 0.1) is 6.04 Å². The van der Waals surface area contributed by atoms with Crippen molar-refractivity contribution in [3.8, 4) is 0 Å². The Balaban J connectivity index is 1.68. The van der Waals surface area contributed by atoms with Crippen LogP contribution in [0.2, 0.25) is 0 Å². The number of nitrogens with zero attached hydrogens (tertiary/aromatic N) is 3. The van der Waals surface area contributed by atoms with E-state index < -0.39 is 0 Å². The summed E-state index contributed by atoms with van der Waals surface area (Å²) in [6, 6.07) is 8.16. The number of rotatable bonds is 2. The highest BCUT2D eigenvalue weighted by atomic mass is 32.1. The van der Waals surface area contributed by atoms with Crippen LogP contribution in [0.25, 0.3) is 10.9 Å². The second-order valence-electron chi connectivity index (χ2n) is 5.73. The number of benzene rings is 1. The molecular formula is C17H17N3OS. The Bertz CT molecular complexity index is 822. The van der Waals surface area contributed by atoms with Gasteiger partial charge in [0.15, 0.2) is 0 Å². The maximum atomic E-state index is 12.9. The van der Waals surface area contributed by atoms with Gasteiger partial charge in [-0.05, 0) is 36.4 Å². The predicted molar refractivity (Wildman–Crippen MR) is 88.0 cm³/mol. The summed E-state index contributed by atoms with van der Waals surface area (Å²) in [5, 5.41) is 4.19. The first-order chi connectivity index (χ1) is 10.7. The summed E-state index contributed by atoms with van der Waals surface area (Å²) in [5.41, 5.74) is 1.86. The van der Waals surface area contributed by atoms with E-state index in [-0.39, 0.29) is 11.9 Å². The minimum atomic E-state index is 0.112. The molecule has 4 nitrogen and oxygen atoms in total. The van der Waals surface area contributed by atoms with E-state index in [9.17, 15) is 4.79 Å². The fourth-order valence-electron chi connectivity index (χ4n) is 3.23. The molecular weight excluding hydrogens is 294 g/mol. The van der Waals surface area contributed by atoms with E-state index in [4.69, 9.17) is 0 Å². The van der Waals surface area contributed by atoms with Crippen LogP contribution in [-0.4, -0.2) is 26.9 Å². The molecule has 1 aliphatic rings. The zero-order valence-corrected chi connectivity index (χ0v) is 13.2. The molecule has 3 heterocycles. The molecule has 0 bridgehead atoms. The summed E-state index contributed by atoms with van der Waals surface area (Å²) in [4.78, 5) is 19.3. The van der Waals surface area contributed by atoms with Crippen LogP contribution >= 0.6 is 11.3 Å². The van der Waals surface area contributed by atoms with Crippen molar-refractivity contribution < 1.29 is 4.79 Å². The average Bonchev–Trinajstić information content (AvgIpc) is 3.26. The highest BCUT2D eigenvalue weighted by Gasteiger charge is 2.32. The number of hydrogen-bond donors (Lipinski definition) is 0. The van der Waals surface area contributed by atoms with Gasteiger partial charge in [-0.1, -0.05) is 6.07 Å². The maximum Gasteiger partial charge on any atom is 0.254 e. The number of likely N-dealkylation sites (tertiary alicyclic amines) is 1. The number of aromatic nitrogens is 2. The lowest BCUT2D eigenvalue weighted by molar-refractivity contribution is 0.0735. The van der Waals surface area contributed by atoms with Crippen molar-refractivity contribution in [2.45, 2.75) is 18.9 Å². The van der Waals surface area contributed by atoms with Gasteiger partial charge in [0, 0.05) is 42.4 Å². The van der Waals surface area contributed by atoms with Gasteiger partial charge in [-0.2, -0.15) is 0 Å². The quantitative estimate of drug-likeness (QED) is 0.725. The van der Waals surface area contributed by atoms with Crippen molar-refractivity contribution in [1.29, 1.82) is 0 Å². The number of fused-ring (bicyclic) bond motifs is 1. The van der Waals surface area contributed by atoms with Crippen LogP contribution in [0.3, 0.4) is 0 Å². The maximum absolute atomic E-state index is 12.9. The van der Waals surface area contributed by atoms with Crippen LogP contribution in [0, 0.1) is 0 Å². The van der Waals surface area contributed by atoms with Gasteiger partial charge in [0.1, 0.15) is 5.01 Å². The number of thiazole rings is 1. The molecule has 1 fully saturated rings. The molecule has 4 rings (SSSR count). The lowest BCUT2D eigenvalue weighted by atomic mass is 10.1. The van der Waals surface area contributed by atoms with Crippen molar-refractivity contribution >= 4 is 28.1 Å². The fourth-order valence-corrected chi connectivity index (χ4v) is 4.01.